The molecular weight excluding hydrogens is 652 g/mol. The van der Waals surface area contributed by atoms with Gasteiger partial charge >= 0.3 is 6.09 Å². The number of carbonyl (C=O) groups is 3. The van der Waals surface area contributed by atoms with Gasteiger partial charge in [0.2, 0.25) is 0 Å². The van der Waals surface area contributed by atoms with Crippen LogP contribution in [-0.4, -0.2) is 34.1 Å². The van der Waals surface area contributed by atoms with Crippen LogP contribution in [0, 0.1) is 12.3 Å². The molecule has 0 saturated carbocycles. The summed E-state index contributed by atoms with van der Waals surface area (Å²) in [6.07, 6.45) is 5.52. The number of anilines is 1. The third kappa shape index (κ3) is 6.28. The van der Waals surface area contributed by atoms with Crippen molar-refractivity contribution >= 4 is 90.3 Å². The first-order valence-corrected chi connectivity index (χ1v) is 12.0. The van der Waals surface area contributed by atoms with Gasteiger partial charge in [-0.15, -0.1) is 6.42 Å². The second-order valence-corrected chi connectivity index (χ2v) is 9.38. The number of ether oxygens (including phenoxy) is 1. The van der Waals surface area contributed by atoms with E-state index in [4.69, 9.17) is 41.2 Å². The summed E-state index contributed by atoms with van der Waals surface area (Å²) in [5.41, 5.74) is 4.30. The maximum absolute atomic E-state index is 13.3. The molecule has 180 valence electrons. The van der Waals surface area contributed by atoms with Gasteiger partial charge < -0.3 is 10.1 Å². The Kier molecular flexibility index (Phi) is 9.04. The quantitative estimate of drug-likeness (QED) is 0.242. The van der Waals surface area contributed by atoms with Crippen LogP contribution in [0.4, 0.5) is 10.5 Å². The number of hydrazine groups is 1. The largest absolute Gasteiger partial charge is 0.435 e. The summed E-state index contributed by atoms with van der Waals surface area (Å²) in [5, 5.41) is 2.97. The molecule has 2 heterocycles. The Balaban J connectivity index is 1.95. The summed E-state index contributed by atoms with van der Waals surface area (Å²) < 4.78 is 6.76. The smallest absolute Gasteiger partial charge is 0.427 e. The van der Waals surface area contributed by atoms with Gasteiger partial charge in [-0.2, -0.15) is 0 Å². The fourth-order valence-corrected chi connectivity index (χ4v) is 4.69. The van der Waals surface area contributed by atoms with Crippen molar-refractivity contribution in [1.29, 1.82) is 0 Å². The summed E-state index contributed by atoms with van der Waals surface area (Å²) in [6, 6.07) is 7.56. The van der Waals surface area contributed by atoms with Gasteiger partial charge in [0, 0.05) is 15.1 Å². The monoisotopic (exact) mass is 661 g/mol. The van der Waals surface area contributed by atoms with E-state index in [0.29, 0.717) is 8.95 Å². The number of aromatic nitrogens is 2. The van der Waals surface area contributed by atoms with Crippen LogP contribution in [-0.2, 0) is 4.74 Å². The van der Waals surface area contributed by atoms with E-state index in [0.717, 1.165) is 0 Å². The highest BCUT2D eigenvalue weighted by Gasteiger charge is 2.25. The van der Waals surface area contributed by atoms with Crippen LogP contribution < -0.4 is 16.2 Å². The number of carbonyl (C=O) groups excluding carboxylic acids is 3. The standard InChI is InChI=1S/C21H12Br2Cl3N5O4/c1-2-6-35-21(34)30-29-19(32)11-7-10(22)8-12(23)16(11)28-20(33)15-9-14(25)17(26)31(15)18-13(24)4-3-5-27-18/h1,3-5,7-9H,6H2,(H,28,33)(H,29,32)(H,30,34). The maximum atomic E-state index is 13.3. The molecule has 3 N–H and O–H groups in total. The van der Waals surface area contributed by atoms with Gasteiger partial charge in [0.05, 0.1) is 21.3 Å². The summed E-state index contributed by atoms with van der Waals surface area (Å²) in [5.74, 6) is 0.849. The molecule has 0 fully saturated rings. The Labute approximate surface area is 230 Å². The highest BCUT2D eigenvalue weighted by atomic mass is 79.9. The zero-order valence-corrected chi connectivity index (χ0v) is 22.6. The van der Waals surface area contributed by atoms with E-state index >= 15 is 0 Å². The van der Waals surface area contributed by atoms with Crippen molar-refractivity contribution in [3.05, 3.63) is 71.9 Å². The molecule has 0 bridgehead atoms. The highest BCUT2D eigenvalue weighted by Crippen LogP contribution is 2.34. The van der Waals surface area contributed by atoms with Crippen LogP contribution >= 0.6 is 66.7 Å². The SMILES string of the molecule is C#CCOC(=O)NNC(=O)c1cc(Br)cc(Br)c1NC(=O)c1cc(Cl)c(Cl)n1-c1ncccc1Cl. The third-order valence-corrected chi connectivity index (χ3v) is 6.32. The summed E-state index contributed by atoms with van der Waals surface area (Å²) in [7, 11) is 0. The van der Waals surface area contributed by atoms with E-state index in [1.54, 1.807) is 18.2 Å². The Morgan fingerprint density at radius 1 is 1.09 bits per heavy atom. The number of nitrogens with zero attached hydrogens (tertiary/aromatic N) is 2. The zero-order chi connectivity index (χ0) is 25.7. The van der Waals surface area contributed by atoms with Crippen LogP contribution in [0.15, 0.2) is 45.5 Å². The third-order valence-electron chi connectivity index (χ3n) is 4.18. The molecule has 0 atom stereocenters. The Bertz CT molecular complexity index is 1370. The van der Waals surface area contributed by atoms with Crippen LogP contribution in [0.2, 0.25) is 15.2 Å². The number of halogens is 5. The molecule has 0 aliphatic rings. The zero-order valence-electron chi connectivity index (χ0n) is 17.2. The Morgan fingerprint density at radius 3 is 2.51 bits per heavy atom. The molecule has 0 aliphatic heterocycles. The number of nitrogens with one attached hydrogen (secondary N) is 3. The van der Waals surface area contributed by atoms with Crippen molar-refractivity contribution < 1.29 is 19.1 Å². The second-order valence-electron chi connectivity index (χ2n) is 6.44. The lowest BCUT2D eigenvalue weighted by Crippen LogP contribution is -2.42. The summed E-state index contributed by atoms with van der Waals surface area (Å²) in [6.45, 7) is -0.281. The number of benzene rings is 1. The molecule has 3 rings (SSSR count). The molecule has 0 aliphatic carbocycles. The van der Waals surface area contributed by atoms with Gasteiger partial charge in [-0.1, -0.05) is 56.7 Å². The first kappa shape index (κ1) is 26.8. The number of rotatable bonds is 5. The molecule has 35 heavy (non-hydrogen) atoms. The number of pyridine rings is 1. The summed E-state index contributed by atoms with van der Waals surface area (Å²) in [4.78, 5) is 41.8. The topological polar surface area (TPSA) is 114 Å². The molecule has 14 heteroatoms. The predicted molar refractivity (Wildman–Crippen MR) is 139 cm³/mol. The van der Waals surface area contributed by atoms with E-state index in [1.165, 1.54) is 22.9 Å². The lowest BCUT2D eigenvalue weighted by molar-refractivity contribution is 0.0917. The average Bonchev–Trinajstić information content (AvgIpc) is 3.12. The number of amides is 3. The van der Waals surface area contributed by atoms with Gasteiger partial charge in [-0.25, -0.2) is 15.2 Å². The van der Waals surface area contributed by atoms with Gasteiger partial charge in [0.25, 0.3) is 11.8 Å². The van der Waals surface area contributed by atoms with Gasteiger partial charge in [-0.05, 0) is 46.3 Å². The minimum atomic E-state index is -0.967. The van der Waals surface area contributed by atoms with Gasteiger partial charge in [-0.3, -0.25) is 19.6 Å². The second kappa shape index (κ2) is 11.8. The lowest BCUT2D eigenvalue weighted by atomic mass is 10.1. The van der Waals surface area contributed by atoms with E-state index in [1.807, 2.05) is 0 Å². The van der Waals surface area contributed by atoms with Crippen molar-refractivity contribution in [3.63, 3.8) is 0 Å². The number of hydrogen-bond donors (Lipinski definition) is 3. The number of terminal acetylenes is 1. The van der Waals surface area contributed by atoms with Crippen molar-refractivity contribution in [2.75, 3.05) is 11.9 Å². The Hall–Kier alpha value is -2.75. The number of hydrogen-bond acceptors (Lipinski definition) is 5. The molecule has 0 radical (unpaired) electrons. The van der Waals surface area contributed by atoms with E-state index < -0.39 is 17.9 Å². The first-order valence-electron chi connectivity index (χ1n) is 9.28. The molecule has 1 aromatic carbocycles. The van der Waals surface area contributed by atoms with Gasteiger partial charge in [0.1, 0.15) is 10.8 Å². The van der Waals surface area contributed by atoms with Crippen molar-refractivity contribution in [2.24, 2.45) is 0 Å². The molecule has 0 spiro atoms. The fourth-order valence-electron chi connectivity index (χ4n) is 2.75. The highest BCUT2D eigenvalue weighted by molar-refractivity contribution is 9.11. The van der Waals surface area contributed by atoms with E-state index in [9.17, 15) is 14.4 Å². The minimum absolute atomic E-state index is 0.00207. The van der Waals surface area contributed by atoms with Crippen LogP contribution in [0.25, 0.3) is 5.82 Å². The van der Waals surface area contributed by atoms with E-state index in [2.05, 4.69) is 63.7 Å². The molecule has 2 aromatic heterocycles. The molecular formula is C21H12Br2Cl3N5O4. The fraction of sp³-hybridized carbons (Fsp3) is 0.0476. The maximum Gasteiger partial charge on any atom is 0.427 e. The molecule has 0 saturated heterocycles. The van der Waals surface area contributed by atoms with Crippen molar-refractivity contribution in [3.8, 4) is 18.2 Å². The van der Waals surface area contributed by atoms with Gasteiger partial charge in [0.15, 0.2) is 12.4 Å². The molecule has 3 amide bonds. The first-order chi connectivity index (χ1) is 16.6. The van der Waals surface area contributed by atoms with Crippen LogP contribution in [0.1, 0.15) is 20.8 Å². The minimum Gasteiger partial charge on any atom is -0.435 e. The lowest BCUT2D eigenvalue weighted by Gasteiger charge is -2.16. The predicted octanol–water partition coefficient (Wildman–Crippen LogP) is 5.61. The molecule has 0 unspecified atom stereocenters. The summed E-state index contributed by atoms with van der Waals surface area (Å²) >= 11 is 25.3. The Morgan fingerprint density at radius 2 is 1.83 bits per heavy atom. The van der Waals surface area contributed by atoms with Crippen molar-refractivity contribution in [2.45, 2.75) is 0 Å². The van der Waals surface area contributed by atoms with Crippen LogP contribution in [0.5, 0.6) is 0 Å². The molecule has 3 aromatic rings. The molecule has 9 nitrogen and oxygen atoms in total. The van der Waals surface area contributed by atoms with Crippen LogP contribution in [0.3, 0.4) is 0 Å². The average molecular weight is 665 g/mol. The van der Waals surface area contributed by atoms with Crippen molar-refractivity contribution in [1.82, 2.24) is 20.4 Å². The normalized spacial score (nSPS) is 10.3. The van der Waals surface area contributed by atoms with E-state index in [-0.39, 0.29) is 44.6 Å².